The molecular formula is C10H14N2O3. The second kappa shape index (κ2) is 6.10. The van der Waals surface area contributed by atoms with Crippen molar-refractivity contribution in [3.05, 3.63) is 29.2 Å². The zero-order chi connectivity index (χ0) is 11.1. The average molecular weight is 210 g/mol. The number of para-hydroxylation sites is 1. The van der Waals surface area contributed by atoms with Gasteiger partial charge in [0.15, 0.2) is 6.29 Å². The highest BCUT2D eigenvalue weighted by atomic mass is 16.7. The molecule has 0 amide bonds. The summed E-state index contributed by atoms with van der Waals surface area (Å²) in [5.41, 5.74) is 1.05. The number of anilines is 1. The molecule has 0 saturated heterocycles. The van der Waals surface area contributed by atoms with Gasteiger partial charge < -0.3 is 14.8 Å². The first-order chi connectivity index (χ1) is 7.31. The second-order valence-corrected chi connectivity index (χ2v) is 2.89. The van der Waals surface area contributed by atoms with E-state index in [-0.39, 0.29) is 6.29 Å². The van der Waals surface area contributed by atoms with E-state index >= 15 is 0 Å². The zero-order valence-electron chi connectivity index (χ0n) is 8.77. The Balaban J connectivity index is 2.60. The normalized spacial score (nSPS) is 10.3. The van der Waals surface area contributed by atoms with Crippen LogP contribution < -0.4 is 5.32 Å². The molecule has 0 aliphatic rings. The number of benzene rings is 1. The van der Waals surface area contributed by atoms with Gasteiger partial charge in [-0.25, -0.2) is 0 Å². The Morgan fingerprint density at radius 3 is 2.60 bits per heavy atom. The minimum absolute atomic E-state index is 0.343. The topological polar surface area (TPSA) is 59.9 Å². The van der Waals surface area contributed by atoms with Crippen LogP contribution in [-0.2, 0) is 9.47 Å². The average Bonchev–Trinajstić information content (AvgIpc) is 2.31. The van der Waals surface area contributed by atoms with Gasteiger partial charge in [-0.05, 0) is 17.3 Å². The highest BCUT2D eigenvalue weighted by Crippen LogP contribution is 2.23. The van der Waals surface area contributed by atoms with Gasteiger partial charge in [0, 0.05) is 14.2 Å². The standard InChI is InChI=1S/C10H14N2O3/c1-14-10(15-2)7-11-8-5-3-4-6-9(8)12-13/h3-6,10-11H,7H2,1-2H3. The van der Waals surface area contributed by atoms with Crippen molar-refractivity contribution in [2.45, 2.75) is 6.29 Å². The molecule has 0 saturated carbocycles. The molecule has 0 aliphatic carbocycles. The van der Waals surface area contributed by atoms with E-state index in [1.54, 1.807) is 32.4 Å². The predicted molar refractivity (Wildman–Crippen MR) is 58.2 cm³/mol. The van der Waals surface area contributed by atoms with Crippen molar-refractivity contribution < 1.29 is 9.47 Å². The van der Waals surface area contributed by atoms with Crippen molar-refractivity contribution >= 4 is 11.4 Å². The number of nitrogens with zero attached hydrogens (tertiary/aromatic N) is 1. The first-order valence-electron chi connectivity index (χ1n) is 4.53. The van der Waals surface area contributed by atoms with Gasteiger partial charge in [-0.1, -0.05) is 12.1 Å². The third-order valence-corrected chi connectivity index (χ3v) is 1.99. The van der Waals surface area contributed by atoms with Gasteiger partial charge >= 0.3 is 0 Å². The number of nitroso groups, excluding NO2 is 1. The lowest BCUT2D eigenvalue weighted by Gasteiger charge is -2.15. The van der Waals surface area contributed by atoms with Crippen LogP contribution in [0.5, 0.6) is 0 Å². The van der Waals surface area contributed by atoms with Crippen LogP contribution in [0.1, 0.15) is 0 Å². The Hall–Kier alpha value is -1.46. The maximum Gasteiger partial charge on any atom is 0.173 e. The summed E-state index contributed by atoms with van der Waals surface area (Å²) in [6.07, 6.45) is -0.343. The number of ether oxygens (including phenoxy) is 2. The maximum absolute atomic E-state index is 10.5. The van der Waals surface area contributed by atoms with Gasteiger partial charge in [-0.3, -0.25) is 0 Å². The molecule has 0 aliphatic heterocycles. The Morgan fingerprint density at radius 1 is 1.33 bits per heavy atom. The van der Waals surface area contributed by atoms with Crippen LogP contribution in [0.15, 0.2) is 29.4 Å². The highest BCUT2D eigenvalue weighted by molar-refractivity contribution is 5.64. The Morgan fingerprint density at radius 2 is 2.00 bits per heavy atom. The van der Waals surface area contributed by atoms with Crippen LogP contribution in [0.25, 0.3) is 0 Å². The molecule has 0 aromatic heterocycles. The lowest BCUT2D eigenvalue weighted by molar-refractivity contribution is -0.0913. The number of methoxy groups -OCH3 is 2. The molecule has 0 bridgehead atoms. The molecule has 1 rings (SSSR count). The third kappa shape index (κ3) is 3.30. The molecule has 0 radical (unpaired) electrons. The Labute approximate surface area is 88.4 Å². The van der Waals surface area contributed by atoms with Gasteiger partial charge in [-0.15, -0.1) is 4.91 Å². The molecule has 82 valence electrons. The van der Waals surface area contributed by atoms with Crippen molar-refractivity contribution in [1.82, 2.24) is 0 Å². The predicted octanol–water partition coefficient (Wildman–Crippen LogP) is 2.12. The lowest BCUT2D eigenvalue weighted by Crippen LogP contribution is -2.23. The molecule has 0 atom stereocenters. The van der Waals surface area contributed by atoms with Crippen LogP contribution >= 0.6 is 0 Å². The van der Waals surface area contributed by atoms with Crippen LogP contribution in [0, 0.1) is 4.91 Å². The largest absolute Gasteiger partial charge is 0.378 e. The van der Waals surface area contributed by atoms with Crippen LogP contribution in [-0.4, -0.2) is 27.1 Å². The smallest absolute Gasteiger partial charge is 0.173 e. The molecule has 0 unspecified atom stereocenters. The van der Waals surface area contributed by atoms with Gasteiger partial charge in [0.25, 0.3) is 0 Å². The molecule has 1 aromatic rings. The van der Waals surface area contributed by atoms with E-state index in [9.17, 15) is 4.91 Å². The van der Waals surface area contributed by atoms with Gasteiger partial charge in [0.1, 0.15) is 5.69 Å². The van der Waals surface area contributed by atoms with E-state index < -0.39 is 0 Å². The quantitative estimate of drug-likeness (QED) is 0.577. The fraction of sp³-hybridized carbons (Fsp3) is 0.400. The summed E-state index contributed by atoms with van der Waals surface area (Å²) < 4.78 is 10.0. The summed E-state index contributed by atoms with van der Waals surface area (Å²) in [6, 6.07) is 7.00. The van der Waals surface area contributed by atoms with Crippen LogP contribution in [0.3, 0.4) is 0 Å². The number of rotatable bonds is 6. The fourth-order valence-corrected chi connectivity index (χ4v) is 1.16. The molecule has 0 heterocycles. The van der Waals surface area contributed by atoms with E-state index in [0.29, 0.717) is 17.9 Å². The van der Waals surface area contributed by atoms with Crippen molar-refractivity contribution in [2.75, 3.05) is 26.1 Å². The van der Waals surface area contributed by atoms with Gasteiger partial charge in [0.2, 0.25) is 0 Å². The van der Waals surface area contributed by atoms with Gasteiger partial charge in [0.05, 0.1) is 12.2 Å². The monoisotopic (exact) mass is 210 g/mol. The number of nitrogens with one attached hydrogen (secondary N) is 1. The lowest BCUT2D eigenvalue weighted by atomic mass is 10.2. The van der Waals surface area contributed by atoms with Crippen molar-refractivity contribution in [2.24, 2.45) is 5.18 Å². The Bertz CT molecular complexity index is 313. The highest BCUT2D eigenvalue weighted by Gasteiger charge is 2.06. The molecule has 5 nitrogen and oxygen atoms in total. The number of hydrogen-bond acceptors (Lipinski definition) is 5. The fourth-order valence-electron chi connectivity index (χ4n) is 1.16. The van der Waals surface area contributed by atoms with Crippen molar-refractivity contribution in [1.29, 1.82) is 0 Å². The van der Waals surface area contributed by atoms with E-state index in [1.807, 2.05) is 6.07 Å². The zero-order valence-corrected chi connectivity index (χ0v) is 8.77. The number of hydrogen-bond donors (Lipinski definition) is 1. The first kappa shape index (κ1) is 11.6. The molecule has 1 N–H and O–H groups in total. The minimum Gasteiger partial charge on any atom is -0.378 e. The van der Waals surface area contributed by atoms with Crippen molar-refractivity contribution in [3.63, 3.8) is 0 Å². The third-order valence-electron chi connectivity index (χ3n) is 1.99. The molecule has 1 aromatic carbocycles. The van der Waals surface area contributed by atoms with E-state index in [1.165, 1.54) is 0 Å². The summed E-state index contributed by atoms with van der Waals surface area (Å²) in [7, 11) is 3.11. The summed E-state index contributed by atoms with van der Waals surface area (Å²) in [5.74, 6) is 0. The second-order valence-electron chi connectivity index (χ2n) is 2.89. The first-order valence-corrected chi connectivity index (χ1v) is 4.53. The Kier molecular flexibility index (Phi) is 4.73. The SMILES string of the molecule is COC(CNc1ccccc1N=O)OC. The van der Waals surface area contributed by atoms with Crippen molar-refractivity contribution in [3.8, 4) is 0 Å². The van der Waals surface area contributed by atoms with Crippen LogP contribution in [0.4, 0.5) is 11.4 Å². The van der Waals surface area contributed by atoms with E-state index in [4.69, 9.17) is 9.47 Å². The minimum atomic E-state index is -0.343. The summed E-state index contributed by atoms with van der Waals surface area (Å²) in [5, 5.41) is 5.93. The van der Waals surface area contributed by atoms with Gasteiger partial charge in [-0.2, -0.15) is 0 Å². The van der Waals surface area contributed by atoms with E-state index in [2.05, 4.69) is 10.5 Å². The van der Waals surface area contributed by atoms with E-state index in [0.717, 1.165) is 0 Å². The van der Waals surface area contributed by atoms with Crippen LogP contribution in [0.2, 0.25) is 0 Å². The summed E-state index contributed by atoms with van der Waals surface area (Å²) >= 11 is 0. The maximum atomic E-state index is 10.5. The molecule has 0 fully saturated rings. The summed E-state index contributed by atoms with van der Waals surface area (Å²) in [4.78, 5) is 10.5. The molecule has 0 spiro atoms. The molecule has 5 heteroatoms. The molecule has 15 heavy (non-hydrogen) atoms. The molecular weight excluding hydrogens is 196 g/mol. The summed E-state index contributed by atoms with van der Waals surface area (Å²) in [6.45, 7) is 0.458.